The SMILES string of the molecule is CCn1cncc1CN1CCCCOC[C@@H](O)[C@@H](O)[C@H](OCCC(C)C)CN(C(C)=O)CC1. The normalized spacial score (nSPS) is 24.7. The fraction of sp³-hybridized carbons (Fsp3) is 0.833. The van der Waals surface area contributed by atoms with Gasteiger partial charge in [-0.2, -0.15) is 0 Å². The van der Waals surface area contributed by atoms with Gasteiger partial charge in [0.15, 0.2) is 0 Å². The molecular weight excluding hydrogens is 424 g/mol. The van der Waals surface area contributed by atoms with Gasteiger partial charge in [-0.1, -0.05) is 13.8 Å². The number of aliphatic hydroxyl groups excluding tert-OH is 2. The average molecular weight is 469 g/mol. The molecule has 1 fully saturated rings. The number of carbonyl (C=O) groups is 1. The first-order valence-electron chi connectivity index (χ1n) is 12.3. The van der Waals surface area contributed by atoms with Gasteiger partial charge < -0.3 is 29.2 Å². The molecule has 190 valence electrons. The number of ether oxygens (including phenoxy) is 2. The fourth-order valence-corrected chi connectivity index (χ4v) is 3.92. The van der Waals surface area contributed by atoms with Crippen molar-refractivity contribution in [2.24, 2.45) is 5.92 Å². The van der Waals surface area contributed by atoms with Crippen molar-refractivity contribution in [3.63, 3.8) is 0 Å². The Kier molecular flexibility index (Phi) is 12.3. The lowest BCUT2D eigenvalue weighted by molar-refractivity contribution is -0.140. The lowest BCUT2D eigenvalue weighted by atomic mass is 10.1. The largest absolute Gasteiger partial charge is 0.388 e. The molecule has 1 saturated heterocycles. The third kappa shape index (κ3) is 9.70. The minimum atomic E-state index is -1.13. The Bertz CT molecular complexity index is 684. The monoisotopic (exact) mass is 468 g/mol. The Morgan fingerprint density at radius 3 is 2.76 bits per heavy atom. The van der Waals surface area contributed by atoms with E-state index in [1.54, 1.807) is 4.90 Å². The van der Waals surface area contributed by atoms with Crippen molar-refractivity contribution in [3.8, 4) is 0 Å². The lowest BCUT2D eigenvalue weighted by Crippen LogP contribution is -2.50. The average Bonchev–Trinajstić information content (AvgIpc) is 3.22. The molecule has 0 spiro atoms. The van der Waals surface area contributed by atoms with Crippen LogP contribution in [0.25, 0.3) is 0 Å². The summed E-state index contributed by atoms with van der Waals surface area (Å²) in [6.45, 7) is 12.9. The zero-order chi connectivity index (χ0) is 24.2. The molecule has 33 heavy (non-hydrogen) atoms. The molecule has 1 aliphatic heterocycles. The second kappa shape index (κ2) is 14.7. The minimum absolute atomic E-state index is 0.0463. The topological polar surface area (TPSA) is 100 Å². The third-order valence-corrected chi connectivity index (χ3v) is 6.16. The number of aryl methyl sites for hydroxylation is 1. The van der Waals surface area contributed by atoms with Crippen molar-refractivity contribution in [1.29, 1.82) is 0 Å². The van der Waals surface area contributed by atoms with Crippen LogP contribution in [0, 0.1) is 5.92 Å². The zero-order valence-corrected chi connectivity index (χ0v) is 20.9. The minimum Gasteiger partial charge on any atom is -0.388 e. The van der Waals surface area contributed by atoms with Crippen LogP contribution >= 0.6 is 0 Å². The molecule has 2 heterocycles. The first-order chi connectivity index (χ1) is 15.8. The van der Waals surface area contributed by atoms with E-state index < -0.39 is 18.3 Å². The van der Waals surface area contributed by atoms with Gasteiger partial charge in [-0.15, -0.1) is 0 Å². The van der Waals surface area contributed by atoms with Gasteiger partial charge in [-0.25, -0.2) is 4.98 Å². The van der Waals surface area contributed by atoms with E-state index >= 15 is 0 Å². The van der Waals surface area contributed by atoms with Gasteiger partial charge in [0.05, 0.1) is 18.6 Å². The summed E-state index contributed by atoms with van der Waals surface area (Å²) in [7, 11) is 0. The number of aliphatic hydroxyl groups is 2. The second-order valence-corrected chi connectivity index (χ2v) is 9.34. The summed E-state index contributed by atoms with van der Waals surface area (Å²) in [6.07, 6.45) is 3.53. The van der Waals surface area contributed by atoms with E-state index in [0.29, 0.717) is 32.2 Å². The molecule has 9 heteroatoms. The van der Waals surface area contributed by atoms with Gasteiger partial charge >= 0.3 is 0 Å². The van der Waals surface area contributed by atoms with Crippen molar-refractivity contribution >= 4 is 5.91 Å². The number of imidazole rings is 1. The summed E-state index contributed by atoms with van der Waals surface area (Å²) in [5.74, 6) is 0.388. The molecule has 2 N–H and O–H groups in total. The van der Waals surface area contributed by atoms with Crippen LogP contribution in [0.1, 0.15) is 52.7 Å². The van der Waals surface area contributed by atoms with E-state index in [4.69, 9.17) is 9.47 Å². The highest BCUT2D eigenvalue weighted by Gasteiger charge is 2.30. The van der Waals surface area contributed by atoms with Crippen molar-refractivity contribution in [2.45, 2.75) is 78.4 Å². The first kappa shape index (κ1) is 27.7. The molecule has 0 radical (unpaired) electrons. The Hall–Kier alpha value is -1.52. The summed E-state index contributed by atoms with van der Waals surface area (Å²) in [5, 5.41) is 21.2. The Labute approximate surface area is 198 Å². The molecule has 1 aliphatic rings. The van der Waals surface area contributed by atoms with Crippen molar-refractivity contribution in [1.82, 2.24) is 19.4 Å². The Morgan fingerprint density at radius 2 is 2.06 bits per heavy atom. The molecule has 2 rings (SSSR count). The van der Waals surface area contributed by atoms with E-state index in [2.05, 4.69) is 35.2 Å². The van der Waals surface area contributed by atoms with Crippen LogP contribution in [-0.2, 0) is 27.4 Å². The summed E-state index contributed by atoms with van der Waals surface area (Å²) in [4.78, 5) is 20.8. The molecule has 0 bridgehead atoms. The van der Waals surface area contributed by atoms with Crippen molar-refractivity contribution in [2.75, 3.05) is 46.0 Å². The van der Waals surface area contributed by atoms with Crippen LogP contribution in [0.4, 0.5) is 0 Å². The van der Waals surface area contributed by atoms with Crippen LogP contribution in [0.5, 0.6) is 0 Å². The number of rotatable bonds is 7. The second-order valence-electron chi connectivity index (χ2n) is 9.34. The summed E-state index contributed by atoms with van der Waals surface area (Å²) >= 11 is 0. The van der Waals surface area contributed by atoms with Crippen LogP contribution in [0.15, 0.2) is 12.5 Å². The number of nitrogens with zero attached hydrogens (tertiary/aromatic N) is 4. The maximum absolute atomic E-state index is 12.4. The summed E-state index contributed by atoms with van der Waals surface area (Å²) in [6, 6.07) is 0. The predicted octanol–water partition coefficient (Wildman–Crippen LogP) is 1.52. The first-order valence-corrected chi connectivity index (χ1v) is 12.3. The molecule has 0 saturated carbocycles. The molecule has 9 nitrogen and oxygen atoms in total. The number of amides is 1. The third-order valence-electron chi connectivity index (χ3n) is 6.16. The van der Waals surface area contributed by atoms with E-state index in [0.717, 1.165) is 44.6 Å². The number of aromatic nitrogens is 2. The van der Waals surface area contributed by atoms with Gasteiger partial charge in [0.2, 0.25) is 5.91 Å². The molecule has 0 aromatic carbocycles. The smallest absolute Gasteiger partial charge is 0.219 e. The van der Waals surface area contributed by atoms with Gasteiger partial charge in [0.1, 0.15) is 18.3 Å². The molecule has 3 atom stereocenters. The lowest BCUT2D eigenvalue weighted by Gasteiger charge is -2.33. The molecule has 1 aromatic heterocycles. The zero-order valence-electron chi connectivity index (χ0n) is 20.9. The number of carbonyl (C=O) groups excluding carboxylic acids is 1. The van der Waals surface area contributed by atoms with Crippen LogP contribution in [-0.4, -0.2) is 99.8 Å². The van der Waals surface area contributed by atoms with E-state index in [1.807, 2.05) is 12.5 Å². The molecule has 1 aromatic rings. The molecular formula is C24H44N4O5. The molecule has 0 unspecified atom stereocenters. The highest BCUT2D eigenvalue weighted by Crippen LogP contribution is 2.13. The Balaban J connectivity index is 2.13. The Morgan fingerprint density at radius 1 is 1.27 bits per heavy atom. The highest BCUT2D eigenvalue weighted by molar-refractivity contribution is 5.73. The predicted molar refractivity (Wildman–Crippen MR) is 127 cm³/mol. The number of hydrogen-bond acceptors (Lipinski definition) is 7. The van der Waals surface area contributed by atoms with Gasteiger partial charge in [0, 0.05) is 59.1 Å². The molecule has 1 amide bonds. The van der Waals surface area contributed by atoms with E-state index in [9.17, 15) is 15.0 Å². The van der Waals surface area contributed by atoms with E-state index in [-0.39, 0.29) is 19.1 Å². The van der Waals surface area contributed by atoms with Crippen molar-refractivity contribution < 1.29 is 24.5 Å². The standard InChI is InChI=1S/C24H44N4O5/c1-5-27-18-25-14-21(27)15-26-9-6-7-12-32-17-22(30)24(31)23(33-13-8-19(2)3)16-28(11-10-26)20(4)29/h14,18-19,22-24,30-31H,5-13,15-17H2,1-4H3/t22-,23-,24-/m1/s1. The quantitative estimate of drug-likeness (QED) is 0.626. The van der Waals surface area contributed by atoms with Crippen LogP contribution in [0.2, 0.25) is 0 Å². The summed E-state index contributed by atoms with van der Waals surface area (Å²) in [5.41, 5.74) is 1.15. The van der Waals surface area contributed by atoms with Crippen molar-refractivity contribution in [3.05, 3.63) is 18.2 Å². The van der Waals surface area contributed by atoms with Gasteiger partial charge in [0.25, 0.3) is 0 Å². The summed E-state index contributed by atoms with van der Waals surface area (Å²) < 4.78 is 13.7. The van der Waals surface area contributed by atoms with E-state index in [1.165, 1.54) is 6.92 Å². The van der Waals surface area contributed by atoms with Gasteiger partial charge in [-0.05, 0) is 38.6 Å². The number of hydrogen-bond donors (Lipinski definition) is 2. The van der Waals surface area contributed by atoms with Gasteiger partial charge in [-0.3, -0.25) is 9.69 Å². The van der Waals surface area contributed by atoms with Crippen LogP contribution < -0.4 is 0 Å². The maximum atomic E-state index is 12.4. The maximum Gasteiger partial charge on any atom is 0.219 e. The molecule has 0 aliphatic carbocycles. The highest BCUT2D eigenvalue weighted by atomic mass is 16.5. The van der Waals surface area contributed by atoms with Crippen LogP contribution in [0.3, 0.4) is 0 Å². The fourth-order valence-electron chi connectivity index (χ4n) is 3.92.